The van der Waals surface area contributed by atoms with Gasteiger partial charge < -0.3 is 9.47 Å². The second kappa shape index (κ2) is 6.06. The zero-order chi connectivity index (χ0) is 19.3. The van der Waals surface area contributed by atoms with Crippen LogP contribution >= 0.6 is 0 Å². The van der Waals surface area contributed by atoms with Gasteiger partial charge in [-0.15, -0.1) is 0 Å². The van der Waals surface area contributed by atoms with E-state index in [1.165, 1.54) is 18.2 Å². The van der Waals surface area contributed by atoms with Crippen LogP contribution in [0.4, 0.5) is 5.69 Å². The maximum Gasteiger partial charge on any atom is 0.342 e. The van der Waals surface area contributed by atoms with Crippen molar-refractivity contribution in [3.8, 4) is 5.75 Å². The summed E-state index contributed by atoms with van der Waals surface area (Å²) < 4.78 is 11.5. The summed E-state index contributed by atoms with van der Waals surface area (Å²) in [5.41, 5.74) is 1.08. The molecule has 0 spiro atoms. The van der Waals surface area contributed by atoms with Gasteiger partial charge in [0.05, 0.1) is 16.6 Å². The Labute approximate surface area is 159 Å². The Morgan fingerprint density at radius 3 is 2.39 bits per heavy atom. The molecule has 0 saturated carbocycles. The second-order valence-corrected chi connectivity index (χ2v) is 6.52. The number of esters is 1. The number of rotatable bonds is 3. The van der Waals surface area contributed by atoms with Gasteiger partial charge in [-0.05, 0) is 22.9 Å². The molecule has 0 bridgehead atoms. The van der Waals surface area contributed by atoms with Gasteiger partial charge in [0.1, 0.15) is 5.75 Å². The summed E-state index contributed by atoms with van der Waals surface area (Å²) in [5, 5.41) is 14.7. The van der Waals surface area contributed by atoms with Crippen molar-refractivity contribution in [2.75, 3.05) is 0 Å². The molecule has 136 valence electrons. The lowest BCUT2D eigenvalue weighted by Crippen LogP contribution is -2.15. The summed E-state index contributed by atoms with van der Waals surface area (Å²) in [4.78, 5) is 23.4. The summed E-state index contributed by atoms with van der Waals surface area (Å²) in [6, 6.07) is 21.0. The third kappa shape index (κ3) is 2.46. The van der Waals surface area contributed by atoms with Gasteiger partial charge in [0.15, 0.2) is 0 Å². The van der Waals surface area contributed by atoms with Crippen LogP contribution in [0.5, 0.6) is 5.75 Å². The molecular weight excluding hydrogens is 358 g/mol. The number of nitro groups is 1. The number of non-ortho nitro benzene ring substituents is 1. The van der Waals surface area contributed by atoms with Gasteiger partial charge in [0, 0.05) is 22.4 Å². The fourth-order valence-corrected chi connectivity index (χ4v) is 3.66. The van der Waals surface area contributed by atoms with Crippen LogP contribution in [0.2, 0.25) is 0 Å². The Morgan fingerprint density at radius 1 is 0.893 bits per heavy atom. The molecule has 0 radical (unpaired) electrons. The quantitative estimate of drug-likeness (QED) is 0.215. The third-order valence-corrected chi connectivity index (χ3v) is 4.88. The van der Waals surface area contributed by atoms with Gasteiger partial charge in [-0.2, -0.15) is 0 Å². The first kappa shape index (κ1) is 16.3. The highest BCUT2D eigenvalue weighted by atomic mass is 16.7. The van der Waals surface area contributed by atoms with Crippen LogP contribution in [-0.2, 0) is 4.74 Å². The number of benzene rings is 4. The van der Waals surface area contributed by atoms with E-state index >= 15 is 0 Å². The van der Waals surface area contributed by atoms with Crippen molar-refractivity contribution in [2.45, 2.75) is 6.29 Å². The first-order chi connectivity index (χ1) is 13.6. The Balaban J connectivity index is 1.71. The van der Waals surface area contributed by atoms with Crippen LogP contribution in [0.3, 0.4) is 0 Å². The maximum atomic E-state index is 12.8. The van der Waals surface area contributed by atoms with Crippen molar-refractivity contribution in [3.05, 3.63) is 94.0 Å². The first-order valence-corrected chi connectivity index (χ1v) is 8.68. The molecule has 4 aromatic rings. The summed E-state index contributed by atoms with van der Waals surface area (Å²) in [5.74, 6) is -0.244. The number of carbonyl (C=O) groups excluding carboxylic acids is 1. The predicted molar refractivity (Wildman–Crippen MR) is 103 cm³/mol. The molecule has 0 fully saturated rings. The van der Waals surface area contributed by atoms with Crippen molar-refractivity contribution in [1.82, 2.24) is 0 Å². The number of ether oxygens (including phenoxy) is 2. The van der Waals surface area contributed by atoms with Crippen LogP contribution in [-0.4, -0.2) is 10.9 Å². The normalized spacial score (nSPS) is 15.4. The SMILES string of the molecule is O=C1OC(Oc2cccc([N+](=O)[O-])c2)c2cccc3ccc4cccc1c4c23. The molecule has 28 heavy (non-hydrogen) atoms. The summed E-state index contributed by atoms with van der Waals surface area (Å²) in [6.45, 7) is 0. The van der Waals surface area contributed by atoms with Crippen molar-refractivity contribution in [3.63, 3.8) is 0 Å². The van der Waals surface area contributed by atoms with E-state index in [1.54, 1.807) is 12.1 Å². The highest BCUT2D eigenvalue weighted by Crippen LogP contribution is 2.39. The van der Waals surface area contributed by atoms with Gasteiger partial charge in [0.2, 0.25) is 0 Å². The monoisotopic (exact) mass is 371 g/mol. The van der Waals surface area contributed by atoms with Crippen LogP contribution in [0.25, 0.3) is 21.5 Å². The minimum Gasteiger partial charge on any atom is -0.450 e. The van der Waals surface area contributed by atoms with E-state index in [4.69, 9.17) is 9.47 Å². The highest BCUT2D eigenvalue weighted by molar-refractivity contribution is 6.18. The first-order valence-electron chi connectivity index (χ1n) is 8.68. The summed E-state index contributed by atoms with van der Waals surface area (Å²) >= 11 is 0. The topological polar surface area (TPSA) is 78.7 Å². The number of cyclic esters (lactones) is 1. The third-order valence-electron chi connectivity index (χ3n) is 4.88. The van der Waals surface area contributed by atoms with Gasteiger partial charge >= 0.3 is 5.97 Å². The Hall–Kier alpha value is -3.93. The smallest absolute Gasteiger partial charge is 0.342 e. The molecule has 0 aliphatic carbocycles. The van der Waals surface area contributed by atoms with E-state index in [-0.39, 0.29) is 11.4 Å². The number of carbonyl (C=O) groups is 1. The van der Waals surface area contributed by atoms with Gasteiger partial charge in [-0.1, -0.05) is 48.5 Å². The van der Waals surface area contributed by atoms with E-state index < -0.39 is 17.2 Å². The zero-order valence-corrected chi connectivity index (χ0v) is 14.5. The molecule has 1 heterocycles. The highest BCUT2D eigenvalue weighted by Gasteiger charge is 2.28. The fraction of sp³-hybridized carbons (Fsp3) is 0.0455. The molecule has 6 heteroatoms. The van der Waals surface area contributed by atoms with E-state index in [0.29, 0.717) is 11.1 Å². The molecule has 4 aromatic carbocycles. The van der Waals surface area contributed by atoms with Gasteiger partial charge in [-0.3, -0.25) is 10.1 Å². The maximum absolute atomic E-state index is 12.8. The van der Waals surface area contributed by atoms with Crippen LogP contribution in [0, 0.1) is 10.1 Å². The minimum atomic E-state index is -1.02. The molecule has 1 atom stereocenters. The Kier molecular flexibility index (Phi) is 3.52. The Bertz CT molecular complexity index is 1280. The second-order valence-electron chi connectivity index (χ2n) is 6.52. The molecule has 5 rings (SSSR count). The van der Waals surface area contributed by atoms with Crippen molar-refractivity contribution in [1.29, 1.82) is 0 Å². The average Bonchev–Trinajstić information content (AvgIpc) is 2.83. The average molecular weight is 371 g/mol. The number of hydrogen-bond acceptors (Lipinski definition) is 5. The van der Waals surface area contributed by atoms with Crippen LogP contribution in [0.15, 0.2) is 72.8 Å². The fourth-order valence-electron chi connectivity index (χ4n) is 3.66. The molecule has 0 N–H and O–H groups in total. The molecule has 0 amide bonds. The lowest BCUT2D eigenvalue weighted by molar-refractivity contribution is -0.385. The number of nitro benzene ring substituents is 1. The molecule has 6 nitrogen and oxygen atoms in total. The van der Waals surface area contributed by atoms with E-state index in [0.717, 1.165) is 21.5 Å². The standard InChI is InChI=1S/C22H13NO5/c24-21-17-8-1-4-13-10-11-14-5-2-9-18(20(14)19(13)17)22(28-21)27-16-7-3-6-15(12-16)23(25)26/h1-12,22H. The number of hydrogen-bond donors (Lipinski definition) is 0. The lowest BCUT2D eigenvalue weighted by atomic mass is 9.95. The number of nitrogens with zero attached hydrogens (tertiary/aromatic N) is 1. The van der Waals surface area contributed by atoms with E-state index in [1.807, 2.05) is 42.5 Å². The molecule has 0 aromatic heterocycles. The van der Waals surface area contributed by atoms with Crippen molar-refractivity contribution < 1.29 is 19.2 Å². The summed E-state index contributed by atoms with van der Waals surface area (Å²) in [6.07, 6.45) is -1.02. The minimum absolute atomic E-state index is 0.0963. The lowest BCUT2D eigenvalue weighted by Gasteiger charge is -2.19. The van der Waals surface area contributed by atoms with Gasteiger partial charge in [0.25, 0.3) is 12.0 Å². The molecule has 0 saturated heterocycles. The summed E-state index contributed by atoms with van der Waals surface area (Å²) in [7, 11) is 0. The van der Waals surface area contributed by atoms with Crippen LogP contribution in [0.1, 0.15) is 22.2 Å². The molecule has 1 aliphatic rings. The predicted octanol–water partition coefficient (Wildman–Crippen LogP) is 5.15. The van der Waals surface area contributed by atoms with E-state index in [9.17, 15) is 14.9 Å². The molecule has 1 aliphatic heterocycles. The van der Waals surface area contributed by atoms with Crippen molar-refractivity contribution in [2.24, 2.45) is 0 Å². The largest absolute Gasteiger partial charge is 0.450 e. The van der Waals surface area contributed by atoms with Gasteiger partial charge in [-0.25, -0.2) is 4.79 Å². The van der Waals surface area contributed by atoms with E-state index in [2.05, 4.69) is 0 Å². The zero-order valence-electron chi connectivity index (χ0n) is 14.5. The van der Waals surface area contributed by atoms with Crippen LogP contribution < -0.4 is 4.74 Å². The Morgan fingerprint density at radius 2 is 1.61 bits per heavy atom. The molecule has 1 unspecified atom stereocenters. The van der Waals surface area contributed by atoms with Crippen molar-refractivity contribution >= 4 is 33.2 Å². The molecular formula is C22H13NO5.